The number of rotatable bonds is 7. The van der Waals surface area contributed by atoms with E-state index in [2.05, 4.69) is 20.9 Å². The Balaban J connectivity index is 3.11. The van der Waals surface area contributed by atoms with Gasteiger partial charge in [-0.25, -0.2) is 0 Å². The quantitative estimate of drug-likeness (QED) is 0.608. The molecule has 1 unspecified atom stereocenters. The highest BCUT2D eigenvalue weighted by atomic mass is 79.9. The van der Waals surface area contributed by atoms with Crippen LogP contribution in [0.15, 0.2) is 22.8 Å². The molecule has 0 aromatic carbocycles. The number of hydrogen-bond donors (Lipinski definition) is 1. The second-order valence-corrected chi connectivity index (χ2v) is 5.42. The predicted molar refractivity (Wildman–Crippen MR) is 77.3 cm³/mol. The summed E-state index contributed by atoms with van der Waals surface area (Å²) in [6, 6.07) is 3.47. The first kappa shape index (κ1) is 16.6. The molecule has 20 heavy (non-hydrogen) atoms. The Kier molecular flexibility index (Phi) is 6.13. The molecule has 0 bridgehead atoms. The van der Waals surface area contributed by atoms with Gasteiger partial charge in [-0.1, -0.05) is 13.3 Å². The molecule has 1 rings (SSSR count). The Morgan fingerprint density at radius 2 is 2.10 bits per heavy atom. The molecule has 5 nitrogen and oxygen atoms in total. The van der Waals surface area contributed by atoms with Crippen molar-refractivity contribution in [3.05, 3.63) is 28.5 Å². The summed E-state index contributed by atoms with van der Waals surface area (Å²) in [4.78, 5) is 27.9. The first-order valence-electron chi connectivity index (χ1n) is 6.47. The third kappa shape index (κ3) is 3.79. The summed E-state index contributed by atoms with van der Waals surface area (Å²) in [5, 5.41) is 9.53. The smallest absolute Gasteiger partial charge is 0.323 e. The van der Waals surface area contributed by atoms with Crippen LogP contribution in [0, 0.1) is 5.41 Å². The van der Waals surface area contributed by atoms with Gasteiger partial charge in [-0.3, -0.25) is 14.6 Å². The average molecular weight is 344 g/mol. The van der Waals surface area contributed by atoms with Crippen molar-refractivity contribution < 1.29 is 19.4 Å². The first-order valence-corrected chi connectivity index (χ1v) is 7.26. The van der Waals surface area contributed by atoms with E-state index in [1.165, 1.54) is 0 Å². The average Bonchev–Trinajstić information content (AvgIpc) is 2.40. The normalized spacial score (nSPS) is 13.6. The van der Waals surface area contributed by atoms with Gasteiger partial charge in [-0.15, -0.1) is 0 Å². The summed E-state index contributed by atoms with van der Waals surface area (Å²) < 4.78 is 5.76. The van der Waals surface area contributed by atoms with Gasteiger partial charge in [0, 0.05) is 22.8 Å². The van der Waals surface area contributed by atoms with Crippen molar-refractivity contribution in [1.82, 2.24) is 4.98 Å². The van der Waals surface area contributed by atoms with Crippen LogP contribution in [0.2, 0.25) is 0 Å². The largest absolute Gasteiger partial charge is 0.480 e. The zero-order valence-corrected chi connectivity index (χ0v) is 13.1. The first-order chi connectivity index (χ1) is 9.46. The number of nitrogens with zero attached hydrogens (tertiary/aromatic N) is 1. The SMILES string of the molecule is CCCC(Cc1ccc(Br)cn1)(C(=O)O)C(=O)OCC. The molecule has 0 saturated carbocycles. The zero-order valence-electron chi connectivity index (χ0n) is 11.6. The van der Waals surface area contributed by atoms with Crippen LogP contribution in [-0.2, 0) is 20.7 Å². The molecule has 0 aliphatic carbocycles. The third-order valence-electron chi connectivity index (χ3n) is 3.02. The van der Waals surface area contributed by atoms with Crippen LogP contribution < -0.4 is 0 Å². The molecule has 0 aliphatic heterocycles. The van der Waals surface area contributed by atoms with Gasteiger partial charge < -0.3 is 9.84 Å². The van der Waals surface area contributed by atoms with E-state index in [0.29, 0.717) is 12.1 Å². The molecule has 0 saturated heterocycles. The number of aromatic nitrogens is 1. The lowest BCUT2D eigenvalue weighted by molar-refractivity contribution is -0.169. The van der Waals surface area contributed by atoms with Gasteiger partial charge in [0.25, 0.3) is 0 Å². The molecule has 110 valence electrons. The number of halogens is 1. The van der Waals surface area contributed by atoms with E-state index in [9.17, 15) is 14.7 Å². The Hall–Kier alpha value is -1.43. The number of carboxylic acids is 1. The lowest BCUT2D eigenvalue weighted by atomic mass is 9.79. The number of esters is 1. The summed E-state index contributed by atoms with van der Waals surface area (Å²) in [5.74, 6) is -1.86. The summed E-state index contributed by atoms with van der Waals surface area (Å²) in [7, 11) is 0. The Morgan fingerprint density at radius 1 is 1.40 bits per heavy atom. The molecule has 0 amide bonds. The van der Waals surface area contributed by atoms with Crippen LogP contribution in [0.4, 0.5) is 0 Å². The van der Waals surface area contributed by atoms with Crippen LogP contribution in [0.3, 0.4) is 0 Å². The topological polar surface area (TPSA) is 76.5 Å². The van der Waals surface area contributed by atoms with Crippen LogP contribution in [-0.4, -0.2) is 28.6 Å². The highest BCUT2D eigenvalue weighted by Crippen LogP contribution is 2.31. The molecule has 0 radical (unpaired) electrons. The van der Waals surface area contributed by atoms with Crippen molar-refractivity contribution in [3.63, 3.8) is 0 Å². The van der Waals surface area contributed by atoms with Crippen molar-refractivity contribution in [2.24, 2.45) is 5.41 Å². The molecule has 6 heteroatoms. The van der Waals surface area contributed by atoms with Crippen molar-refractivity contribution in [3.8, 4) is 0 Å². The number of aliphatic carboxylic acids is 1. The number of carbonyl (C=O) groups excluding carboxylic acids is 1. The van der Waals surface area contributed by atoms with Crippen molar-refractivity contribution in [2.75, 3.05) is 6.61 Å². The lowest BCUT2D eigenvalue weighted by Crippen LogP contribution is -2.43. The van der Waals surface area contributed by atoms with E-state index < -0.39 is 17.4 Å². The van der Waals surface area contributed by atoms with Crippen molar-refractivity contribution in [2.45, 2.75) is 33.1 Å². The lowest BCUT2D eigenvalue weighted by Gasteiger charge is -2.26. The standard InChI is InChI=1S/C14H18BrNO4/c1-3-7-14(12(17)18,13(19)20-4-2)8-11-6-5-10(15)9-16-11/h5-6,9H,3-4,7-8H2,1-2H3,(H,17,18). The van der Waals surface area contributed by atoms with Gasteiger partial charge >= 0.3 is 11.9 Å². The minimum Gasteiger partial charge on any atom is -0.480 e. The van der Waals surface area contributed by atoms with E-state index in [1.54, 1.807) is 25.3 Å². The molecular weight excluding hydrogens is 326 g/mol. The maximum atomic E-state index is 12.1. The Labute approximate surface area is 126 Å². The fraction of sp³-hybridized carbons (Fsp3) is 0.500. The van der Waals surface area contributed by atoms with Gasteiger partial charge in [0.05, 0.1) is 6.61 Å². The summed E-state index contributed by atoms with van der Waals surface area (Å²) in [5.41, 5.74) is -1.01. The summed E-state index contributed by atoms with van der Waals surface area (Å²) >= 11 is 3.27. The number of carboxylic acid groups (broad SMARTS) is 1. The van der Waals surface area contributed by atoms with Crippen LogP contribution in [0.5, 0.6) is 0 Å². The maximum absolute atomic E-state index is 12.1. The van der Waals surface area contributed by atoms with E-state index in [1.807, 2.05) is 6.92 Å². The van der Waals surface area contributed by atoms with Gasteiger partial charge in [0.1, 0.15) is 0 Å². The molecule has 1 heterocycles. The Morgan fingerprint density at radius 3 is 2.55 bits per heavy atom. The molecular formula is C14H18BrNO4. The minimum atomic E-state index is -1.56. The second-order valence-electron chi connectivity index (χ2n) is 4.50. The van der Waals surface area contributed by atoms with Crippen molar-refractivity contribution >= 4 is 27.9 Å². The number of pyridine rings is 1. The molecule has 1 aromatic heterocycles. The third-order valence-corrected chi connectivity index (χ3v) is 3.49. The number of carbonyl (C=O) groups is 2. The highest BCUT2D eigenvalue weighted by molar-refractivity contribution is 9.10. The number of ether oxygens (including phenoxy) is 1. The number of hydrogen-bond acceptors (Lipinski definition) is 4. The van der Waals surface area contributed by atoms with Gasteiger partial charge in [0.2, 0.25) is 0 Å². The highest BCUT2D eigenvalue weighted by Gasteiger charge is 2.47. The van der Waals surface area contributed by atoms with Crippen LogP contribution in [0.25, 0.3) is 0 Å². The van der Waals surface area contributed by atoms with E-state index in [4.69, 9.17) is 4.74 Å². The maximum Gasteiger partial charge on any atom is 0.323 e. The molecule has 0 fully saturated rings. The summed E-state index contributed by atoms with van der Waals surface area (Å²) in [6.45, 7) is 3.66. The zero-order chi connectivity index (χ0) is 15.2. The van der Waals surface area contributed by atoms with E-state index >= 15 is 0 Å². The van der Waals surface area contributed by atoms with E-state index in [-0.39, 0.29) is 19.4 Å². The molecule has 1 atom stereocenters. The van der Waals surface area contributed by atoms with Gasteiger partial charge in [0.15, 0.2) is 5.41 Å². The van der Waals surface area contributed by atoms with Crippen LogP contribution >= 0.6 is 15.9 Å². The van der Waals surface area contributed by atoms with Crippen LogP contribution in [0.1, 0.15) is 32.4 Å². The fourth-order valence-electron chi connectivity index (χ4n) is 2.05. The molecule has 0 aliphatic rings. The summed E-state index contributed by atoms with van der Waals surface area (Å²) in [6.07, 6.45) is 2.40. The fourth-order valence-corrected chi connectivity index (χ4v) is 2.28. The molecule has 1 aromatic rings. The monoisotopic (exact) mass is 343 g/mol. The molecule has 1 N–H and O–H groups in total. The minimum absolute atomic E-state index is 0.0300. The van der Waals surface area contributed by atoms with Crippen molar-refractivity contribution in [1.29, 1.82) is 0 Å². The van der Waals surface area contributed by atoms with E-state index in [0.717, 1.165) is 4.47 Å². The molecule has 0 spiro atoms. The van der Waals surface area contributed by atoms with Gasteiger partial charge in [-0.05, 0) is 41.4 Å². The van der Waals surface area contributed by atoms with Gasteiger partial charge in [-0.2, -0.15) is 0 Å². The second kappa shape index (κ2) is 7.38. The Bertz CT molecular complexity index is 475. The predicted octanol–water partition coefficient (Wildman–Crippen LogP) is 2.82.